The molecule has 1 heterocycles. The first-order valence-corrected chi connectivity index (χ1v) is 6.51. The Kier molecular flexibility index (Phi) is 3.70. The van der Waals surface area contributed by atoms with E-state index in [9.17, 15) is 4.79 Å². The monoisotopic (exact) mass is 214 g/mol. The fourth-order valence-electron chi connectivity index (χ4n) is 1.65. The van der Waals surface area contributed by atoms with Gasteiger partial charge in [-0.25, -0.2) is 0 Å². The maximum Gasteiger partial charge on any atom is 0.230 e. The number of hydrogen-bond acceptors (Lipinski definition) is 3. The van der Waals surface area contributed by atoms with Gasteiger partial charge in [0.2, 0.25) is 5.91 Å². The lowest BCUT2D eigenvalue weighted by Gasteiger charge is -2.21. The topological polar surface area (TPSA) is 41.1 Å². The number of carbonyl (C=O) groups is 1. The summed E-state index contributed by atoms with van der Waals surface area (Å²) in [6.45, 7) is 2.23. The molecule has 0 radical (unpaired) electrons. The molecule has 0 bridgehead atoms. The Balaban J connectivity index is 1.57. The van der Waals surface area contributed by atoms with Gasteiger partial charge >= 0.3 is 0 Å². The van der Waals surface area contributed by atoms with Gasteiger partial charge in [0.15, 0.2) is 0 Å². The molecule has 0 aromatic heterocycles. The number of rotatable bonds is 4. The van der Waals surface area contributed by atoms with Crippen LogP contribution in [0.25, 0.3) is 0 Å². The summed E-state index contributed by atoms with van der Waals surface area (Å²) in [7, 11) is 0. The quantitative estimate of drug-likeness (QED) is 0.725. The number of hydrogen-bond donors (Lipinski definition) is 2. The van der Waals surface area contributed by atoms with Gasteiger partial charge in [-0.05, 0) is 38.8 Å². The summed E-state index contributed by atoms with van der Waals surface area (Å²) < 4.78 is 0. The summed E-state index contributed by atoms with van der Waals surface area (Å²) in [5.41, 5.74) is 0. The number of piperidine rings is 1. The Bertz CT molecular complexity index is 200. The second-order valence-electron chi connectivity index (χ2n) is 4.10. The summed E-state index contributed by atoms with van der Waals surface area (Å²) in [5.74, 6) is 0.886. The van der Waals surface area contributed by atoms with Crippen LogP contribution in [0.3, 0.4) is 0 Å². The third kappa shape index (κ3) is 3.50. The second-order valence-corrected chi connectivity index (χ2v) is 5.39. The van der Waals surface area contributed by atoms with E-state index in [-0.39, 0.29) is 5.91 Å². The highest BCUT2D eigenvalue weighted by Crippen LogP contribution is 2.21. The first-order chi connectivity index (χ1) is 6.84. The second kappa shape index (κ2) is 5.03. The maximum absolute atomic E-state index is 11.4. The summed E-state index contributed by atoms with van der Waals surface area (Å²) >= 11 is 1.82. The van der Waals surface area contributed by atoms with Crippen molar-refractivity contribution in [3.05, 3.63) is 0 Å². The van der Waals surface area contributed by atoms with Crippen molar-refractivity contribution in [3.8, 4) is 0 Å². The van der Waals surface area contributed by atoms with Gasteiger partial charge in [-0.15, -0.1) is 11.8 Å². The lowest BCUT2D eigenvalue weighted by atomic mass is 10.2. The van der Waals surface area contributed by atoms with Crippen LogP contribution in [0.5, 0.6) is 0 Å². The van der Waals surface area contributed by atoms with E-state index in [0.29, 0.717) is 17.0 Å². The molecule has 2 aliphatic rings. The summed E-state index contributed by atoms with van der Waals surface area (Å²) in [6.07, 6.45) is 4.79. The van der Waals surface area contributed by atoms with Crippen molar-refractivity contribution < 1.29 is 4.79 Å². The number of thioether (sulfide) groups is 1. The van der Waals surface area contributed by atoms with E-state index in [4.69, 9.17) is 0 Å². The van der Waals surface area contributed by atoms with E-state index in [1.165, 1.54) is 25.7 Å². The minimum absolute atomic E-state index is 0.232. The standard InChI is InChI=1S/C10H18N2OS/c13-10(12-8-1-2-8)7-14-9-3-5-11-6-4-9/h8-9,11H,1-7H2,(H,12,13). The molecule has 2 fully saturated rings. The zero-order chi connectivity index (χ0) is 9.80. The van der Waals surface area contributed by atoms with Gasteiger partial charge in [-0.1, -0.05) is 0 Å². The van der Waals surface area contributed by atoms with Crippen LogP contribution in [0.1, 0.15) is 25.7 Å². The first kappa shape index (κ1) is 10.3. The molecule has 80 valence electrons. The molecule has 1 aliphatic heterocycles. The van der Waals surface area contributed by atoms with Crippen LogP contribution in [0.15, 0.2) is 0 Å². The third-order valence-corrected chi connectivity index (χ3v) is 4.05. The smallest absolute Gasteiger partial charge is 0.230 e. The molecule has 4 heteroatoms. The Morgan fingerprint density at radius 2 is 2.00 bits per heavy atom. The molecule has 0 spiro atoms. The molecule has 2 N–H and O–H groups in total. The van der Waals surface area contributed by atoms with Crippen molar-refractivity contribution >= 4 is 17.7 Å². The van der Waals surface area contributed by atoms with Crippen LogP contribution in [-0.4, -0.2) is 36.0 Å². The molecule has 0 atom stereocenters. The van der Waals surface area contributed by atoms with E-state index < -0.39 is 0 Å². The van der Waals surface area contributed by atoms with Crippen molar-refractivity contribution in [1.29, 1.82) is 0 Å². The molecule has 1 saturated heterocycles. The van der Waals surface area contributed by atoms with E-state index in [1.54, 1.807) is 0 Å². The van der Waals surface area contributed by atoms with Crippen molar-refractivity contribution in [3.63, 3.8) is 0 Å². The molecule has 3 nitrogen and oxygen atoms in total. The normalized spacial score (nSPS) is 23.4. The average molecular weight is 214 g/mol. The van der Waals surface area contributed by atoms with Gasteiger partial charge in [0.05, 0.1) is 5.75 Å². The van der Waals surface area contributed by atoms with Gasteiger partial charge < -0.3 is 10.6 Å². The van der Waals surface area contributed by atoms with E-state index in [0.717, 1.165) is 13.1 Å². The van der Waals surface area contributed by atoms with Gasteiger partial charge in [0.25, 0.3) is 0 Å². The zero-order valence-corrected chi connectivity index (χ0v) is 9.24. The molecule has 0 aromatic carbocycles. The first-order valence-electron chi connectivity index (χ1n) is 5.46. The van der Waals surface area contributed by atoms with E-state index >= 15 is 0 Å². The van der Waals surface area contributed by atoms with Crippen LogP contribution in [0.2, 0.25) is 0 Å². The Morgan fingerprint density at radius 1 is 1.29 bits per heavy atom. The molecule has 0 unspecified atom stereocenters. The molecule has 1 amide bonds. The lowest BCUT2D eigenvalue weighted by Crippen LogP contribution is -2.32. The molecule has 1 saturated carbocycles. The van der Waals surface area contributed by atoms with Crippen LogP contribution < -0.4 is 10.6 Å². The van der Waals surface area contributed by atoms with Crippen LogP contribution in [0, 0.1) is 0 Å². The van der Waals surface area contributed by atoms with Crippen molar-refractivity contribution in [2.45, 2.75) is 37.0 Å². The highest BCUT2D eigenvalue weighted by Gasteiger charge is 2.23. The minimum atomic E-state index is 0.232. The predicted octanol–water partition coefficient (Wildman–Crippen LogP) is 0.750. The summed E-state index contributed by atoms with van der Waals surface area (Å²) in [6, 6.07) is 0.510. The van der Waals surface area contributed by atoms with E-state index in [1.807, 2.05) is 11.8 Å². The fourth-order valence-corrected chi connectivity index (χ4v) is 2.69. The molecule has 1 aliphatic carbocycles. The Morgan fingerprint density at radius 3 is 2.64 bits per heavy atom. The van der Waals surface area contributed by atoms with Crippen LogP contribution in [-0.2, 0) is 4.79 Å². The number of amides is 1. The van der Waals surface area contributed by atoms with Gasteiger partial charge in [0, 0.05) is 11.3 Å². The minimum Gasteiger partial charge on any atom is -0.353 e. The van der Waals surface area contributed by atoms with Gasteiger partial charge in [-0.3, -0.25) is 4.79 Å². The van der Waals surface area contributed by atoms with E-state index in [2.05, 4.69) is 10.6 Å². The highest BCUT2D eigenvalue weighted by atomic mass is 32.2. The van der Waals surface area contributed by atoms with Gasteiger partial charge in [-0.2, -0.15) is 0 Å². The summed E-state index contributed by atoms with van der Waals surface area (Å²) in [4.78, 5) is 11.4. The molecular formula is C10H18N2OS. The van der Waals surface area contributed by atoms with Gasteiger partial charge in [0.1, 0.15) is 0 Å². The highest BCUT2D eigenvalue weighted by molar-refractivity contribution is 8.00. The van der Waals surface area contributed by atoms with Crippen molar-refractivity contribution in [1.82, 2.24) is 10.6 Å². The SMILES string of the molecule is O=C(CSC1CCNCC1)NC1CC1. The molecule has 0 aromatic rings. The summed E-state index contributed by atoms with van der Waals surface area (Å²) in [5, 5.41) is 7.04. The largest absolute Gasteiger partial charge is 0.353 e. The Hall–Kier alpha value is -0.220. The van der Waals surface area contributed by atoms with Crippen molar-refractivity contribution in [2.75, 3.05) is 18.8 Å². The maximum atomic E-state index is 11.4. The lowest BCUT2D eigenvalue weighted by molar-refractivity contribution is -0.118. The molecular weight excluding hydrogens is 196 g/mol. The van der Waals surface area contributed by atoms with Crippen LogP contribution in [0.4, 0.5) is 0 Å². The van der Waals surface area contributed by atoms with Crippen molar-refractivity contribution in [2.24, 2.45) is 0 Å². The molecule has 14 heavy (non-hydrogen) atoms. The number of carbonyl (C=O) groups excluding carboxylic acids is 1. The molecule has 2 rings (SSSR count). The average Bonchev–Trinajstić information content (AvgIpc) is 3.00. The number of nitrogens with one attached hydrogen (secondary N) is 2. The Labute approximate surface area is 89.4 Å². The fraction of sp³-hybridized carbons (Fsp3) is 0.900. The van der Waals surface area contributed by atoms with Crippen LogP contribution >= 0.6 is 11.8 Å². The third-order valence-electron chi connectivity index (χ3n) is 2.68. The zero-order valence-electron chi connectivity index (χ0n) is 8.42. The predicted molar refractivity (Wildman–Crippen MR) is 59.5 cm³/mol.